The molecule has 28 heavy (non-hydrogen) atoms. The van der Waals surface area contributed by atoms with E-state index in [1.54, 1.807) is 12.3 Å². The molecule has 2 heterocycles. The first-order valence-electron chi connectivity index (χ1n) is 8.99. The maximum atomic E-state index is 13.0. The van der Waals surface area contributed by atoms with Crippen LogP contribution in [-0.2, 0) is 0 Å². The lowest BCUT2D eigenvalue weighted by atomic mass is 9.94. The Morgan fingerprint density at radius 3 is 2.46 bits per heavy atom. The van der Waals surface area contributed by atoms with Crippen LogP contribution in [0.15, 0.2) is 83.8 Å². The fourth-order valence-corrected chi connectivity index (χ4v) is 3.22. The van der Waals surface area contributed by atoms with E-state index in [9.17, 15) is 9.59 Å². The number of carbonyl (C=O) groups is 1. The van der Waals surface area contributed by atoms with Gasteiger partial charge < -0.3 is 4.98 Å². The number of aryl methyl sites for hydroxylation is 1. The molecule has 0 aliphatic heterocycles. The first-order chi connectivity index (χ1) is 13.6. The molecule has 0 unspecified atom stereocenters. The van der Waals surface area contributed by atoms with Crippen molar-refractivity contribution in [1.29, 1.82) is 0 Å². The Kier molecular flexibility index (Phi) is 4.68. The van der Waals surface area contributed by atoms with Crippen LogP contribution in [0.3, 0.4) is 0 Å². The number of nitrogens with one attached hydrogen (secondary N) is 1. The normalized spacial score (nSPS) is 11.2. The molecule has 4 aromatic rings. The Morgan fingerprint density at radius 2 is 1.71 bits per heavy atom. The lowest BCUT2D eigenvalue weighted by Gasteiger charge is -2.11. The van der Waals surface area contributed by atoms with Gasteiger partial charge in [0.2, 0.25) is 0 Å². The maximum absolute atomic E-state index is 13.0. The topological polar surface area (TPSA) is 62.8 Å². The number of carbonyl (C=O) groups excluding carboxylic acids is 1. The number of ketones is 1. The Bertz CT molecular complexity index is 1240. The average molecular weight is 366 g/mol. The van der Waals surface area contributed by atoms with E-state index in [0.29, 0.717) is 11.1 Å². The SMILES string of the molecule is Cc1ccc(/C=C/C(=O)c2c(-c3ccccc3)c3ccccc3[nH]c2=O)cn1. The summed E-state index contributed by atoms with van der Waals surface area (Å²) in [5, 5.41) is 0.835. The molecule has 0 saturated carbocycles. The molecule has 4 rings (SSSR count). The van der Waals surface area contributed by atoms with Crippen molar-refractivity contribution in [2.45, 2.75) is 6.92 Å². The number of para-hydroxylation sites is 1. The molecule has 136 valence electrons. The number of fused-ring (bicyclic) bond motifs is 1. The van der Waals surface area contributed by atoms with Crippen molar-refractivity contribution in [3.8, 4) is 11.1 Å². The fraction of sp³-hybridized carbons (Fsp3) is 0.0417. The molecule has 0 radical (unpaired) electrons. The van der Waals surface area contributed by atoms with Gasteiger partial charge in [0.25, 0.3) is 5.56 Å². The third-order valence-corrected chi connectivity index (χ3v) is 4.59. The summed E-state index contributed by atoms with van der Waals surface area (Å²) in [6.07, 6.45) is 4.80. The van der Waals surface area contributed by atoms with Crippen molar-refractivity contribution in [2.24, 2.45) is 0 Å². The van der Waals surface area contributed by atoms with E-state index in [1.165, 1.54) is 6.08 Å². The van der Waals surface area contributed by atoms with E-state index >= 15 is 0 Å². The fourth-order valence-electron chi connectivity index (χ4n) is 3.22. The number of benzene rings is 2. The Labute approximate surface area is 162 Å². The van der Waals surface area contributed by atoms with Gasteiger partial charge in [0.05, 0.1) is 5.56 Å². The summed E-state index contributed by atoms with van der Waals surface area (Å²) in [5.74, 6) is -0.341. The highest BCUT2D eigenvalue weighted by atomic mass is 16.1. The van der Waals surface area contributed by atoms with Crippen molar-refractivity contribution in [3.05, 3.63) is 106 Å². The van der Waals surface area contributed by atoms with Crippen LogP contribution in [0.4, 0.5) is 0 Å². The zero-order chi connectivity index (χ0) is 19.5. The Hall–Kier alpha value is -3.79. The molecule has 0 aliphatic rings. The third kappa shape index (κ3) is 3.40. The van der Waals surface area contributed by atoms with Gasteiger partial charge in [-0.3, -0.25) is 14.6 Å². The van der Waals surface area contributed by atoms with Crippen molar-refractivity contribution in [3.63, 3.8) is 0 Å². The predicted octanol–water partition coefficient (Wildman–Crippen LogP) is 4.79. The number of hydrogen-bond donors (Lipinski definition) is 1. The summed E-state index contributed by atoms with van der Waals surface area (Å²) >= 11 is 0. The minimum absolute atomic E-state index is 0.140. The minimum atomic E-state index is -0.394. The highest BCUT2D eigenvalue weighted by molar-refractivity contribution is 6.15. The number of nitrogens with zero attached hydrogens (tertiary/aromatic N) is 1. The summed E-state index contributed by atoms with van der Waals surface area (Å²) in [5.41, 5.74) is 3.64. The van der Waals surface area contributed by atoms with Crippen LogP contribution >= 0.6 is 0 Å². The van der Waals surface area contributed by atoms with Gasteiger partial charge in [0.1, 0.15) is 0 Å². The number of aromatic amines is 1. The van der Waals surface area contributed by atoms with Crippen molar-refractivity contribution < 1.29 is 4.79 Å². The van der Waals surface area contributed by atoms with Gasteiger partial charge in [0, 0.05) is 28.4 Å². The molecule has 4 nitrogen and oxygen atoms in total. The third-order valence-electron chi connectivity index (χ3n) is 4.59. The van der Waals surface area contributed by atoms with E-state index in [0.717, 1.165) is 22.2 Å². The van der Waals surface area contributed by atoms with Gasteiger partial charge in [-0.2, -0.15) is 0 Å². The lowest BCUT2D eigenvalue weighted by Crippen LogP contribution is -2.18. The maximum Gasteiger partial charge on any atom is 0.260 e. The van der Waals surface area contributed by atoms with Crippen LogP contribution in [0.5, 0.6) is 0 Å². The lowest BCUT2D eigenvalue weighted by molar-refractivity contribution is 0.104. The van der Waals surface area contributed by atoms with Crippen LogP contribution < -0.4 is 5.56 Å². The first-order valence-corrected chi connectivity index (χ1v) is 8.99. The number of hydrogen-bond acceptors (Lipinski definition) is 3. The van der Waals surface area contributed by atoms with E-state index in [2.05, 4.69) is 9.97 Å². The Balaban J connectivity index is 1.88. The smallest absolute Gasteiger partial charge is 0.260 e. The van der Waals surface area contributed by atoms with Gasteiger partial charge in [-0.05, 0) is 42.3 Å². The molecule has 0 fully saturated rings. The molecule has 0 saturated heterocycles. The number of H-pyrrole nitrogens is 1. The quantitative estimate of drug-likeness (QED) is 0.417. The summed E-state index contributed by atoms with van der Waals surface area (Å²) in [6.45, 7) is 1.90. The standard InChI is InChI=1S/C24H18N2O2/c1-16-11-12-17(15-25-16)13-14-21(27)23-22(18-7-3-2-4-8-18)19-9-5-6-10-20(19)26-24(23)28/h2-15H,1H3,(H,26,28)/b14-13+. The summed E-state index contributed by atoms with van der Waals surface area (Å²) in [6, 6.07) is 20.8. The molecule has 2 aromatic heterocycles. The summed E-state index contributed by atoms with van der Waals surface area (Å²) in [7, 11) is 0. The van der Waals surface area contributed by atoms with Crippen molar-refractivity contribution in [1.82, 2.24) is 9.97 Å². The van der Waals surface area contributed by atoms with Crippen LogP contribution in [0.2, 0.25) is 0 Å². The van der Waals surface area contributed by atoms with Gasteiger partial charge >= 0.3 is 0 Å². The summed E-state index contributed by atoms with van der Waals surface area (Å²) in [4.78, 5) is 32.9. The number of aromatic nitrogens is 2. The molecule has 0 amide bonds. The van der Waals surface area contributed by atoms with E-state index < -0.39 is 5.56 Å². The van der Waals surface area contributed by atoms with Gasteiger partial charge in [-0.25, -0.2) is 0 Å². The van der Waals surface area contributed by atoms with Crippen molar-refractivity contribution in [2.75, 3.05) is 0 Å². The highest BCUT2D eigenvalue weighted by Gasteiger charge is 2.18. The molecule has 0 bridgehead atoms. The molecular formula is C24H18N2O2. The van der Waals surface area contributed by atoms with Crippen LogP contribution in [0.1, 0.15) is 21.6 Å². The van der Waals surface area contributed by atoms with E-state index in [1.807, 2.05) is 73.7 Å². The molecule has 4 heteroatoms. The zero-order valence-corrected chi connectivity index (χ0v) is 15.3. The number of rotatable bonds is 4. The highest BCUT2D eigenvalue weighted by Crippen LogP contribution is 2.29. The number of allylic oxidation sites excluding steroid dienone is 1. The molecule has 1 N–H and O–H groups in total. The summed E-state index contributed by atoms with van der Waals surface area (Å²) < 4.78 is 0. The monoisotopic (exact) mass is 366 g/mol. The second-order valence-corrected chi connectivity index (χ2v) is 6.55. The van der Waals surface area contributed by atoms with Crippen LogP contribution in [-0.4, -0.2) is 15.8 Å². The second-order valence-electron chi connectivity index (χ2n) is 6.55. The predicted molar refractivity (Wildman–Crippen MR) is 112 cm³/mol. The van der Waals surface area contributed by atoms with Crippen LogP contribution in [0.25, 0.3) is 28.1 Å². The molecule has 0 spiro atoms. The average Bonchev–Trinajstić information content (AvgIpc) is 2.72. The van der Waals surface area contributed by atoms with Gasteiger partial charge in [-0.1, -0.05) is 54.6 Å². The first kappa shape index (κ1) is 17.6. The van der Waals surface area contributed by atoms with Gasteiger partial charge in [0.15, 0.2) is 5.78 Å². The molecule has 0 atom stereocenters. The van der Waals surface area contributed by atoms with E-state index in [-0.39, 0.29) is 11.3 Å². The van der Waals surface area contributed by atoms with E-state index in [4.69, 9.17) is 0 Å². The zero-order valence-electron chi connectivity index (χ0n) is 15.3. The Morgan fingerprint density at radius 1 is 0.964 bits per heavy atom. The second kappa shape index (κ2) is 7.45. The van der Waals surface area contributed by atoms with Crippen LogP contribution in [0, 0.1) is 6.92 Å². The van der Waals surface area contributed by atoms with Crippen molar-refractivity contribution >= 4 is 22.8 Å². The number of pyridine rings is 2. The largest absolute Gasteiger partial charge is 0.321 e. The molecular weight excluding hydrogens is 348 g/mol. The molecule has 2 aromatic carbocycles. The molecule has 0 aliphatic carbocycles. The van der Waals surface area contributed by atoms with Gasteiger partial charge in [-0.15, -0.1) is 0 Å². The minimum Gasteiger partial charge on any atom is -0.321 e.